The van der Waals surface area contributed by atoms with E-state index in [2.05, 4.69) is 18.7 Å². The van der Waals surface area contributed by atoms with Gasteiger partial charge in [-0.15, -0.1) is 0 Å². The van der Waals surface area contributed by atoms with Crippen molar-refractivity contribution in [2.45, 2.75) is 32.0 Å². The van der Waals surface area contributed by atoms with Crippen LogP contribution in [0, 0.1) is 5.82 Å². The van der Waals surface area contributed by atoms with Gasteiger partial charge in [0.05, 0.1) is 13.2 Å². The maximum atomic E-state index is 14.5. The number of hydrogen-bond donors (Lipinski definition) is 1. The van der Waals surface area contributed by atoms with Crippen molar-refractivity contribution >= 4 is 11.6 Å². The summed E-state index contributed by atoms with van der Waals surface area (Å²) < 4.78 is 19.9. The monoisotopic (exact) mass is 348 g/mol. The Morgan fingerprint density at radius 2 is 1.92 bits per heavy atom. The molecule has 2 aromatic rings. The predicted octanol–water partition coefficient (Wildman–Crippen LogP) is 4.24. The third-order valence-corrected chi connectivity index (χ3v) is 5.26. The van der Waals surface area contributed by atoms with Gasteiger partial charge in [0.25, 0.3) is 0 Å². The number of fused-ring (bicyclic) bond motifs is 1. The number of ether oxygens (including phenoxy) is 1. The van der Waals surface area contributed by atoms with E-state index < -0.39 is 0 Å². The number of methoxy groups -OCH3 is 1. The molecule has 3 nitrogen and oxygen atoms in total. The van der Waals surface area contributed by atoms with E-state index in [-0.39, 0.29) is 17.4 Å². The van der Waals surface area contributed by atoms with Gasteiger partial charge in [-0.3, -0.25) is 4.90 Å². The van der Waals surface area contributed by atoms with Gasteiger partial charge in [0.2, 0.25) is 0 Å². The molecule has 24 heavy (non-hydrogen) atoms. The van der Waals surface area contributed by atoms with E-state index >= 15 is 0 Å². The van der Waals surface area contributed by atoms with Crippen molar-refractivity contribution in [1.29, 1.82) is 0 Å². The summed E-state index contributed by atoms with van der Waals surface area (Å²) in [5.41, 5.74) is 8.34. The highest BCUT2D eigenvalue weighted by atomic mass is 35.5. The molecule has 0 bridgehead atoms. The molecule has 1 aliphatic heterocycles. The first kappa shape index (κ1) is 17.2. The Morgan fingerprint density at radius 1 is 1.25 bits per heavy atom. The number of nitrogens with zero attached hydrogens (tertiary/aromatic N) is 1. The molecule has 5 heteroatoms. The van der Waals surface area contributed by atoms with Crippen molar-refractivity contribution in [2.24, 2.45) is 5.73 Å². The molecule has 1 atom stereocenters. The Morgan fingerprint density at radius 3 is 2.50 bits per heavy atom. The lowest BCUT2D eigenvalue weighted by molar-refractivity contribution is 0.0766. The van der Waals surface area contributed by atoms with Gasteiger partial charge < -0.3 is 10.5 Å². The molecule has 1 aliphatic rings. The van der Waals surface area contributed by atoms with Crippen LogP contribution in [0.5, 0.6) is 5.75 Å². The summed E-state index contributed by atoms with van der Waals surface area (Å²) in [6, 6.07) is 10.7. The van der Waals surface area contributed by atoms with Crippen molar-refractivity contribution in [3.63, 3.8) is 0 Å². The van der Waals surface area contributed by atoms with Crippen LogP contribution in [0.1, 0.15) is 36.6 Å². The molecule has 1 unspecified atom stereocenters. The molecular formula is C19H22ClFN2O. The highest BCUT2D eigenvalue weighted by Crippen LogP contribution is 2.46. The average molecular weight is 349 g/mol. The van der Waals surface area contributed by atoms with E-state index in [9.17, 15) is 4.39 Å². The van der Waals surface area contributed by atoms with Crippen LogP contribution in [0.15, 0.2) is 36.4 Å². The second-order valence-electron chi connectivity index (χ2n) is 6.59. The van der Waals surface area contributed by atoms with Crippen LogP contribution in [0.2, 0.25) is 5.02 Å². The zero-order valence-electron chi connectivity index (χ0n) is 14.1. The van der Waals surface area contributed by atoms with Crippen molar-refractivity contribution in [1.82, 2.24) is 4.90 Å². The number of benzene rings is 2. The Labute approximate surface area is 147 Å². The van der Waals surface area contributed by atoms with Crippen LogP contribution in [0.3, 0.4) is 0 Å². The van der Waals surface area contributed by atoms with Crippen molar-refractivity contribution in [3.8, 4) is 5.75 Å². The first-order valence-electron chi connectivity index (χ1n) is 7.98. The normalized spacial score (nSPS) is 17.8. The summed E-state index contributed by atoms with van der Waals surface area (Å²) in [7, 11) is 1.61. The standard InChI is InChI=1S/C19H22ClFN2O/c1-19(2,12-4-6-13(20)7-5-12)23-11-14-17(24-3)9-8-15(21)18(14)16(23)10-22/h4-9,16H,10-11,22H2,1-3H3. The molecular weight excluding hydrogens is 327 g/mol. The van der Waals surface area contributed by atoms with E-state index in [1.807, 2.05) is 24.3 Å². The Hall–Kier alpha value is -1.62. The molecule has 0 fully saturated rings. The van der Waals surface area contributed by atoms with Crippen molar-refractivity contribution in [2.75, 3.05) is 13.7 Å². The molecule has 0 amide bonds. The summed E-state index contributed by atoms with van der Waals surface area (Å²) in [4.78, 5) is 2.23. The number of rotatable bonds is 4. The van der Waals surface area contributed by atoms with Crippen LogP contribution in [-0.4, -0.2) is 18.6 Å². The molecule has 0 aliphatic carbocycles. The molecule has 2 aromatic carbocycles. The molecule has 2 N–H and O–H groups in total. The van der Waals surface area contributed by atoms with Gasteiger partial charge in [0.15, 0.2) is 0 Å². The first-order valence-corrected chi connectivity index (χ1v) is 8.36. The molecule has 0 saturated carbocycles. The van der Waals surface area contributed by atoms with Crippen molar-refractivity contribution in [3.05, 3.63) is 63.9 Å². The summed E-state index contributed by atoms with van der Waals surface area (Å²) in [5.74, 6) is 0.481. The summed E-state index contributed by atoms with van der Waals surface area (Å²) in [6.45, 7) is 5.17. The smallest absolute Gasteiger partial charge is 0.128 e. The van der Waals surface area contributed by atoms with Crippen LogP contribution < -0.4 is 10.5 Å². The quantitative estimate of drug-likeness (QED) is 0.898. The van der Waals surface area contributed by atoms with E-state index in [4.69, 9.17) is 22.1 Å². The molecule has 1 heterocycles. The van der Waals surface area contributed by atoms with E-state index in [0.29, 0.717) is 29.4 Å². The average Bonchev–Trinajstić information content (AvgIpc) is 2.97. The number of nitrogens with two attached hydrogens (primary N) is 1. The minimum atomic E-state index is -0.328. The number of hydrogen-bond acceptors (Lipinski definition) is 3. The molecule has 128 valence electrons. The second kappa shape index (κ2) is 6.36. The zero-order chi connectivity index (χ0) is 17.5. The van der Waals surface area contributed by atoms with Gasteiger partial charge in [-0.2, -0.15) is 0 Å². The van der Waals surface area contributed by atoms with E-state index in [1.54, 1.807) is 13.2 Å². The molecule has 3 rings (SSSR count). The Bertz CT molecular complexity index is 746. The fourth-order valence-corrected chi connectivity index (χ4v) is 3.75. The van der Waals surface area contributed by atoms with Crippen LogP contribution >= 0.6 is 11.6 Å². The zero-order valence-corrected chi connectivity index (χ0v) is 14.9. The Balaban J connectivity index is 2.06. The van der Waals surface area contributed by atoms with Gasteiger partial charge in [-0.05, 0) is 43.7 Å². The predicted molar refractivity (Wildman–Crippen MR) is 94.8 cm³/mol. The van der Waals surface area contributed by atoms with E-state index in [1.165, 1.54) is 6.07 Å². The Kier molecular flexibility index (Phi) is 4.56. The number of halogens is 2. The maximum Gasteiger partial charge on any atom is 0.128 e. The van der Waals surface area contributed by atoms with Crippen LogP contribution in [-0.2, 0) is 12.1 Å². The van der Waals surface area contributed by atoms with Crippen molar-refractivity contribution < 1.29 is 9.13 Å². The second-order valence-corrected chi connectivity index (χ2v) is 7.02. The van der Waals surface area contributed by atoms with Gasteiger partial charge in [0, 0.05) is 34.8 Å². The minimum absolute atomic E-state index is 0.194. The largest absolute Gasteiger partial charge is 0.496 e. The molecule has 0 radical (unpaired) electrons. The maximum absolute atomic E-state index is 14.5. The summed E-state index contributed by atoms with van der Waals surface area (Å²) in [6.07, 6.45) is 0. The SMILES string of the molecule is COc1ccc(F)c2c1CN(C(C)(C)c1ccc(Cl)cc1)C2CN. The molecule has 0 saturated heterocycles. The topological polar surface area (TPSA) is 38.5 Å². The highest BCUT2D eigenvalue weighted by Gasteiger charge is 2.42. The van der Waals surface area contributed by atoms with Gasteiger partial charge >= 0.3 is 0 Å². The highest BCUT2D eigenvalue weighted by molar-refractivity contribution is 6.30. The molecule has 0 aromatic heterocycles. The lowest BCUT2D eigenvalue weighted by Gasteiger charge is -2.40. The summed E-state index contributed by atoms with van der Waals surface area (Å²) >= 11 is 6.01. The third kappa shape index (κ3) is 2.69. The van der Waals surface area contributed by atoms with Gasteiger partial charge in [-0.1, -0.05) is 23.7 Å². The summed E-state index contributed by atoms with van der Waals surface area (Å²) in [5, 5.41) is 0.697. The lowest BCUT2D eigenvalue weighted by Crippen LogP contribution is -2.42. The minimum Gasteiger partial charge on any atom is -0.496 e. The van der Waals surface area contributed by atoms with Crippen LogP contribution in [0.4, 0.5) is 4.39 Å². The van der Waals surface area contributed by atoms with Gasteiger partial charge in [0.1, 0.15) is 11.6 Å². The fourth-order valence-electron chi connectivity index (χ4n) is 3.62. The first-order chi connectivity index (χ1) is 11.4. The third-order valence-electron chi connectivity index (χ3n) is 5.01. The van der Waals surface area contributed by atoms with Gasteiger partial charge in [-0.25, -0.2) is 4.39 Å². The molecule has 0 spiro atoms. The van der Waals surface area contributed by atoms with E-state index in [0.717, 1.165) is 11.1 Å². The van der Waals surface area contributed by atoms with Crippen LogP contribution in [0.25, 0.3) is 0 Å². The fraction of sp³-hybridized carbons (Fsp3) is 0.368. The lowest BCUT2D eigenvalue weighted by atomic mass is 9.91.